The average molecular weight is 488 g/mol. The van der Waals surface area contributed by atoms with Crippen LogP contribution in [0.25, 0.3) is 5.76 Å². The summed E-state index contributed by atoms with van der Waals surface area (Å²) >= 11 is 0. The molecule has 1 N–H and O–H groups in total. The second-order valence-corrected chi connectivity index (χ2v) is 8.17. The predicted octanol–water partition coefficient (Wildman–Crippen LogP) is 4.28. The van der Waals surface area contributed by atoms with Crippen LogP contribution in [0.1, 0.15) is 22.7 Å². The molecule has 1 unspecified atom stereocenters. The van der Waals surface area contributed by atoms with Gasteiger partial charge in [-0.15, -0.1) is 0 Å². The zero-order valence-corrected chi connectivity index (χ0v) is 19.7. The van der Waals surface area contributed by atoms with Crippen LogP contribution in [0.5, 0.6) is 11.5 Å². The molecule has 184 valence electrons. The van der Waals surface area contributed by atoms with Crippen LogP contribution in [0.4, 0.5) is 5.69 Å². The van der Waals surface area contributed by atoms with E-state index in [1.807, 2.05) is 24.3 Å². The first-order valence-corrected chi connectivity index (χ1v) is 11.1. The molecule has 0 radical (unpaired) electrons. The van der Waals surface area contributed by atoms with Crippen molar-refractivity contribution in [2.24, 2.45) is 0 Å². The molecule has 1 heterocycles. The van der Waals surface area contributed by atoms with E-state index in [2.05, 4.69) is 0 Å². The number of benzene rings is 3. The van der Waals surface area contributed by atoms with Crippen molar-refractivity contribution in [2.75, 3.05) is 20.8 Å². The van der Waals surface area contributed by atoms with E-state index in [-0.39, 0.29) is 23.4 Å². The highest BCUT2D eigenvalue weighted by Gasteiger charge is 2.46. The maximum Gasteiger partial charge on any atom is 0.295 e. The first-order chi connectivity index (χ1) is 17.3. The zero-order valence-electron chi connectivity index (χ0n) is 19.7. The van der Waals surface area contributed by atoms with Crippen LogP contribution in [-0.2, 0) is 16.0 Å². The Morgan fingerprint density at radius 1 is 0.972 bits per heavy atom. The van der Waals surface area contributed by atoms with Gasteiger partial charge in [0.25, 0.3) is 17.4 Å². The van der Waals surface area contributed by atoms with Crippen LogP contribution in [0.2, 0.25) is 0 Å². The van der Waals surface area contributed by atoms with Gasteiger partial charge in [0, 0.05) is 24.2 Å². The number of Topliss-reactive ketones (excluding diaryl/α,β-unsaturated/α-hetero) is 1. The van der Waals surface area contributed by atoms with Gasteiger partial charge >= 0.3 is 0 Å². The van der Waals surface area contributed by atoms with Gasteiger partial charge < -0.3 is 19.5 Å². The maximum atomic E-state index is 13.2. The third-order valence-corrected chi connectivity index (χ3v) is 6.08. The Bertz CT molecular complexity index is 1350. The Hall–Kier alpha value is -4.66. The van der Waals surface area contributed by atoms with Crippen LogP contribution >= 0.6 is 0 Å². The van der Waals surface area contributed by atoms with E-state index in [0.717, 1.165) is 5.56 Å². The number of nitrogens with zero attached hydrogens (tertiary/aromatic N) is 2. The predicted molar refractivity (Wildman–Crippen MR) is 132 cm³/mol. The number of methoxy groups -OCH3 is 2. The lowest BCUT2D eigenvalue weighted by Gasteiger charge is -2.25. The molecule has 1 aliphatic rings. The molecule has 1 saturated heterocycles. The Morgan fingerprint density at radius 3 is 2.33 bits per heavy atom. The van der Waals surface area contributed by atoms with Crippen LogP contribution < -0.4 is 9.47 Å². The summed E-state index contributed by atoms with van der Waals surface area (Å²) in [4.78, 5) is 38.4. The molecule has 1 aliphatic heterocycles. The molecule has 0 aliphatic carbocycles. The number of nitro benzene ring substituents is 1. The number of aliphatic hydroxyl groups is 1. The number of likely N-dealkylation sites (tertiary alicyclic amines) is 1. The zero-order chi connectivity index (χ0) is 25.8. The van der Waals surface area contributed by atoms with Crippen LogP contribution in [0, 0.1) is 10.1 Å². The largest absolute Gasteiger partial charge is 0.507 e. The van der Waals surface area contributed by atoms with Gasteiger partial charge in [0.05, 0.1) is 30.8 Å². The molecule has 1 amide bonds. The molecule has 3 aromatic rings. The van der Waals surface area contributed by atoms with E-state index in [1.54, 1.807) is 31.4 Å². The SMILES string of the molecule is COc1ccc(CCN2C(=O)C(=O)/C(=C(\O)c3cccc([N+](=O)[O-])c3)C2c2cccc(OC)c2)cc1. The van der Waals surface area contributed by atoms with E-state index in [0.29, 0.717) is 23.5 Å². The lowest BCUT2D eigenvalue weighted by Crippen LogP contribution is -2.31. The Morgan fingerprint density at radius 2 is 1.67 bits per heavy atom. The third-order valence-electron chi connectivity index (χ3n) is 6.08. The minimum atomic E-state index is -0.905. The second-order valence-electron chi connectivity index (χ2n) is 8.17. The van der Waals surface area contributed by atoms with Crippen LogP contribution in [0.15, 0.2) is 78.4 Å². The fourth-order valence-electron chi connectivity index (χ4n) is 4.23. The summed E-state index contributed by atoms with van der Waals surface area (Å²) in [6.45, 7) is 0.199. The van der Waals surface area contributed by atoms with Gasteiger partial charge in [0.1, 0.15) is 17.3 Å². The first kappa shape index (κ1) is 24.5. The number of ketones is 1. The number of nitro groups is 1. The number of aliphatic hydroxyl groups excluding tert-OH is 1. The fourth-order valence-corrected chi connectivity index (χ4v) is 4.23. The Kier molecular flexibility index (Phi) is 7.00. The molecule has 4 rings (SSSR count). The summed E-state index contributed by atoms with van der Waals surface area (Å²) in [5.74, 6) is -0.877. The van der Waals surface area contributed by atoms with Crippen molar-refractivity contribution in [3.8, 4) is 11.5 Å². The van der Waals surface area contributed by atoms with Gasteiger partial charge in [-0.25, -0.2) is 0 Å². The van der Waals surface area contributed by atoms with Gasteiger partial charge in [0.15, 0.2) is 0 Å². The van der Waals surface area contributed by atoms with Crippen LogP contribution in [0.3, 0.4) is 0 Å². The molecule has 3 aromatic carbocycles. The average Bonchev–Trinajstić information content (AvgIpc) is 3.16. The molecule has 0 aromatic heterocycles. The number of amides is 1. The third kappa shape index (κ3) is 4.76. The fraction of sp³-hybridized carbons (Fsp3) is 0.185. The summed E-state index contributed by atoms with van der Waals surface area (Å²) in [5, 5.41) is 22.4. The topological polar surface area (TPSA) is 119 Å². The van der Waals surface area contributed by atoms with E-state index in [9.17, 15) is 24.8 Å². The molecule has 0 spiro atoms. The minimum absolute atomic E-state index is 0.0743. The number of ether oxygens (including phenoxy) is 2. The summed E-state index contributed by atoms with van der Waals surface area (Å²) in [5.41, 5.74) is 1.19. The van der Waals surface area contributed by atoms with Crippen molar-refractivity contribution in [3.63, 3.8) is 0 Å². The molecular weight excluding hydrogens is 464 g/mol. The lowest BCUT2D eigenvalue weighted by atomic mass is 9.95. The molecule has 9 heteroatoms. The van der Waals surface area contributed by atoms with E-state index < -0.39 is 28.4 Å². The number of non-ortho nitro benzene ring substituents is 1. The van der Waals surface area contributed by atoms with Gasteiger partial charge in [0.2, 0.25) is 0 Å². The molecule has 1 fully saturated rings. The van der Waals surface area contributed by atoms with Crippen molar-refractivity contribution in [3.05, 3.63) is 105 Å². The number of rotatable bonds is 8. The quantitative estimate of drug-likeness (QED) is 0.165. The lowest BCUT2D eigenvalue weighted by molar-refractivity contribution is -0.384. The number of hydrogen-bond donors (Lipinski definition) is 1. The molecular formula is C27H24N2O7. The minimum Gasteiger partial charge on any atom is -0.507 e. The van der Waals surface area contributed by atoms with E-state index in [1.165, 1.54) is 36.3 Å². The Balaban J connectivity index is 1.78. The molecule has 0 saturated carbocycles. The van der Waals surface area contributed by atoms with Crippen molar-refractivity contribution in [2.45, 2.75) is 12.5 Å². The van der Waals surface area contributed by atoms with Crippen molar-refractivity contribution in [1.82, 2.24) is 4.90 Å². The van der Waals surface area contributed by atoms with Gasteiger partial charge in [-0.05, 0) is 41.8 Å². The molecule has 9 nitrogen and oxygen atoms in total. The number of carbonyl (C=O) groups is 2. The van der Waals surface area contributed by atoms with Crippen molar-refractivity contribution < 1.29 is 29.1 Å². The monoisotopic (exact) mass is 488 g/mol. The first-order valence-electron chi connectivity index (χ1n) is 11.1. The van der Waals surface area contributed by atoms with Gasteiger partial charge in [-0.1, -0.05) is 36.4 Å². The van der Waals surface area contributed by atoms with E-state index in [4.69, 9.17) is 9.47 Å². The molecule has 0 bridgehead atoms. The molecule has 1 atom stereocenters. The Labute approximate surface area is 207 Å². The van der Waals surface area contributed by atoms with Crippen LogP contribution in [-0.4, -0.2) is 47.4 Å². The second kappa shape index (κ2) is 10.3. The van der Waals surface area contributed by atoms with Gasteiger partial charge in [-0.2, -0.15) is 0 Å². The number of carbonyl (C=O) groups excluding carboxylic acids is 2. The van der Waals surface area contributed by atoms with Crippen molar-refractivity contribution in [1.29, 1.82) is 0 Å². The summed E-state index contributed by atoms with van der Waals surface area (Å²) in [6, 6.07) is 18.7. The van der Waals surface area contributed by atoms with Gasteiger partial charge in [-0.3, -0.25) is 19.7 Å². The highest BCUT2D eigenvalue weighted by atomic mass is 16.6. The summed E-state index contributed by atoms with van der Waals surface area (Å²) in [6.07, 6.45) is 0.453. The summed E-state index contributed by atoms with van der Waals surface area (Å²) in [7, 11) is 3.08. The molecule has 36 heavy (non-hydrogen) atoms. The van der Waals surface area contributed by atoms with E-state index >= 15 is 0 Å². The van der Waals surface area contributed by atoms with Crippen molar-refractivity contribution >= 4 is 23.1 Å². The smallest absolute Gasteiger partial charge is 0.295 e. The normalized spacial score (nSPS) is 16.7. The maximum absolute atomic E-state index is 13.2. The standard InChI is InChI=1S/C27H24N2O7/c1-35-21-11-9-17(10-12-21)13-14-28-24(18-5-4-8-22(16-18)36-2)23(26(31)27(28)32)25(30)19-6-3-7-20(15-19)29(33)34/h3-12,15-16,24,30H,13-14H2,1-2H3/b25-23-. The summed E-state index contributed by atoms with van der Waals surface area (Å²) < 4.78 is 10.5. The highest BCUT2D eigenvalue weighted by Crippen LogP contribution is 2.40. The highest BCUT2D eigenvalue weighted by molar-refractivity contribution is 6.46. The number of hydrogen-bond acceptors (Lipinski definition) is 7.